The molecule has 0 N–H and O–H groups in total. The SMILES string of the molecule is Cc1cc(Br)cc(C(=O)c2c(Br)cnn2C(C)C)c1. The van der Waals surface area contributed by atoms with E-state index in [1.54, 1.807) is 10.9 Å². The van der Waals surface area contributed by atoms with Crippen LogP contribution in [-0.4, -0.2) is 15.6 Å². The van der Waals surface area contributed by atoms with Gasteiger partial charge in [0.1, 0.15) is 5.69 Å². The van der Waals surface area contributed by atoms with Crippen LogP contribution in [0.1, 0.15) is 41.5 Å². The summed E-state index contributed by atoms with van der Waals surface area (Å²) >= 11 is 6.83. The third-order valence-electron chi connectivity index (χ3n) is 2.76. The highest BCUT2D eigenvalue weighted by atomic mass is 79.9. The van der Waals surface area contributed by atoms with E-state index in [1.807, 2.05) is 39.0 Å². The Hall–Kier alpha value is -0.940. The Morgan fingerprint density at radius 3 is 2.53 bits per heavy atom. The Morgan fingerprint density at radius 1 is 1.26 bits per heavy atom. The maximum absolute atomic E-state index is 12.6. The lowest BCUT2D eigenvalue weighted by molar-refractivity contribution is 0.102. The lowest BCUT2D eigenvalue weighted by atomic mass is 10.1. The predicted octanol–water partition coefficient (Wildman–Crippen LogP) is 4.53. The van der Waals surface area contributed by atoms with Crippen LogP contribution in [0.25, 0.3) is 0 Å². The van der Waals surface area contributed by atoms with E-state index in [2.05, 4.69) is 37.0 Å². The third kappa shape index (κ3) is 2.98. The second kappa shape index (κ2) is 5.59. The van der Waals surface area contributed by atoms with Crippen molar-refractivity contribution in [3.63, 3.8) is 0 Å². The molecule has 0 aliphatic heterocycles. The molecule has 0 saturated heterocycles. The summed E-state index contributed by atoms with van der Waals surface area (Å²) in [6.45, 7) is 5.97. The Kier molecular flexibility index (Phi) is 4.26. The molecule has 0 aliphatic carbocycles. The summed E-state index contributed by atoms with van der Waals surface area (Å²) in [5.74, 6) is -0.0255. The molecule has 0 aliphatic rings. The van der Waals surface area contributed by atoms with Gasteiger partial charge in [-0.25, -0.2) is 0 Å². The minimum Gasteiger partial charge on any atom is -0.287 e. The summed E-state index contributed by atoms with van der Waals surface area (Å²) in [7, 11) is 0. The van der Waals surface area contributed by atoms with Gasteiger partial charge in [0.25, 0.3) is 0 Å². The van der Waals surface area contributed by atoms with Crippen molar-refractivity contribution >= 4 is 37.6 Å². The van der Waals surface area contributed by atoms with Gasteiger partial charge >= 0.3 is 0 Å². The van der Waals surface area contributed by atoms with Crippen molar-refractivity contribution in [2.24, 2.45) is 0 Å². The highest BCUT2D eigenvalue weighted by molar-refractivity contribution is 9.10. The van der Waals surface area contributed by atoms with E-state index >= 15 is 0 Å². The molecule has 0 spiro atoms. The molecule has 3 nitrogen and oxygen atoms in total. The third-order valence-corrected chi connectivity index (χ3v) is 3.80. The molecule has 0 fully saturated rings. The van der Waals surface area contributed by atoms with Gasteiger partial charge in [-0.1, -0.05) is 15.9 Å². The van der Waals surface area contributed by atoms with Crippen molar-refractivity contribution in [2.75, 3.05) is 0 Å². The number of nitrogens with zero attached hydrogens (tertiary/aromatic N) is 2. The molecule has 1 aromatic heterocycles. The first-order valence-corrected chi connectivity index (χ1v) is 7.53. The van der Waals surface area contributed by atoms with E-state index in [0.717, 1.165) is 14.5 Å². The van der Waals surface area contributed by atoms with Crippen LogP contribution in [0.15, 0.2) is 33.3 Å². The number of carbonyl (C=O) groups is 1. The molecule has 2 rings (SSSR count). The average Bonchev–Trinajstić information content (AvgIpc) is 2.69. The van der Waals surface area contributed by atoms with Crippen LogP contribution < -0.4 is 0 Å². The molecular weight excluding hydrogens is 372 g/mol. The summed E-state index contributed by atoms with van der Waals surface area (Å²) in [5.41, 5.74) is 2.30. The van der Waals surface area contributed by atoms with Crippen LogP contribution >= 0.6 is 31.9 Å². The Morgan fingerprint density at radius 2 is 1.95 bits per heavy atom. The highest BCUT2D eigenvalue weighted by Gasteiger charge is 2.20. The molecule has 1 heterocycles. The molecule has 0 amide bonds. The summed E-state index contributed by atoms with van der Waals surface area (Å²) in [6.07, 6.45) is 1.66. The van der Waals surface area contributed by atoms with Crippen molar-refractivity contribution in [3.8, 4) is 0 Å². The molecule has 0 bridgehead atoms. The molecule has 5 heteroatoms. The standard InChI is InChI=1S/C14H14Br2N2O/c1-8(2)18-13(12(16)7-17-18)14(19)10-4-9(3)5-11(15)6-10/h4-8H,1-3H3. The quantitative estimate of drug-likeness (QED) is 0.727. The topological polar surface area (TPSA) is 34.9 Å². The lowest BCUT2D eigenvalue weighted by Crippen LogP contribution is -2.14. The van der Waals surface area contributed by atoms with Crippen LogP contribution in [0.2, 0.25) is 0 Å². The predicted molar refractivity (Wildman–Crippen MR) is 82.6 cm³/mol. The van der Waals surface area contributed by atoms with Crippen LogP contribution in [0.3, 0.4) is 0 Å². The van der Waals surface area contributed by atoms with Crippen molar-refractivity contribution in [2.45, 2.75) is 26.8 Å². The molecule has 2 aromatic rings. The number of aromatic nitrogens is 2. The van der Waals surface area contributed by atoms with Crippen molar-refractivity contribution in [1.82, 2.24) is 9.78 Å². The monoisotopic (exact) mass is 384 g/mol. The number of hydrogen-bond donors (Lipinski definition) is 0. The van der Waals surface area contributed by atoms with Gasteiger partial charge in [-0.2, -0.15) is 5.10 Å². The van der Waals surface area contributed by atoms with E-state index in [-0.39, 0.29) is 11.8 Å². The highest BCUT2D eigenvalue weighted by Crippen LogP contribution is 2.24. The van der Waals surface area contributed by atoms with E-state index in [0.29, 0.717) is 11.3 Å². The fourth-order valence-electron chi connectivity index (χ4n) is 1.95. The number of aryl methyl sites for hydroxylation is 1. The number of ketones is 1. The van der Waals surface area contributed by atoms with Gasteiger partial charge < -0.3 is 0 Å². The first-order valence-electron chi connectivity index (χ1n) is 5.95. The first kappa shape index (κ1) is 14.5. The van der Waals surface area contributed by atoms with Crippen LogP contribution in [0, 0.1) is 6.92 Å². The lowest BCUT2D eigenvalue weighted by Gasteiger charge is -2.11. The fourth-order valence-corrected chi connectivity index (χ4v) is 3.01. The fraction of sp³-hybridized carbons (Fsp3) is 0.286. The van der Waals surface area contributed by atoms with Gasteiger partial charge in [0.05, 0.1) is 10.7 Å². The minimum atomic E-state index is -0.0255. The maximum atomic E-state index is 12.6. The Balaban J connectivity index is 2.53. The number of carbonyl (C=O) groups excluding carboxylic acids is 1. The largest absolute Gasteiger partial charge is 0.287 e. The summed E-state index contributed by atoms with van der Waals surface area (Å²) in [4.78, 5) is 12.6. The zero-order chi connectivity index (χ0) is 14.2. The number of benzene rings is 1. The summed E-state index contributed by atoms with van der Waals surface area (Å²) in [6, 6.07) is 5.83. The number of hydrogen-bond acceptors (Lipinski definition) is 2. The maximum Gasteiger partial charge on any atom is 0.212 e. The smallest absolute Gasteiger partial charge is 0.212 e. The van der Waals surface area contributed by atoms with Gasteiger partial charge in [0.15, 0.2) is 0 Å². The second-order valence-corrected chi connectivity index (χ2v) is 6.50. The molecule has 0 radical (unpaired) electrons. The van der Waals surface area contributed by atoms with Gasteiger partial charge in [0.2, 0.25) is 5.78 Å². The molecular formula is C14H14Br2N2O. The van der Waals surface area contributed by atoms with Crippen LogP contribution in [0.4, 0.5) is 0 Å². The number of rotatable bonds is 3. The van der Waals surface area contributed by atoms with Gasteiger partial charge in [0, 0.05) is 16.1 Å². The van der Waals surface area contributed by atoms with Gasteiger partial charge in [-0.3, -0.25) is 9.48 Å². The summed E-state index contributed by atoms with van der Waals surface area (Å²) in [5, 5.41) is 4.24. The molecule has 1 aromatic carbocycles. The average molecular weight is 386 g/mol. The zero-order valence-corrected chi connectivity index (χ0v) is 14.1. The zero-order valence-electron chi connectivity index (χ0n) is 10.9. The Labute approximate surface area is 129 Å². The molecule has 100 valence electrons. The van der Waals surface area contributed by atoms with Crippen molar-refractivity contribution in [1.29, 1.82) is 0 Å². The van der Waals surface area contributed by atoms with Crippen molar-refractivity contribution < 1.29 is 4.79 Å². The second-order valence-electron chi connectivity index (χ2n) is 4.73. The normalized spacial score (nSPS) is 11.1. The van der Waals surface area contributed by atoms with Crippen LogP contribution in [0.5, 0.6) is 0 Å². The minimum absolute atomic E-state index is 0.0255. The first-order chi connectivity index (χ1) is 8.90. The van der Waals surface area contributed by atoms with Gasteiger partial charge in [-0.05, 0) is 60.5 Å². The molecule has 19 heavy (non-hydrogen) atoms. The van der Waals surface area contributed by atoms with E-state index in [1.165, 1.54) is 0 Å². The van der Waals surface area contributed by atoms with Gasteiger partial charge in [-0.15, -0.1) is 0 Å². The Bertz CT molecular complexity index is 612. The van der Waals surface area contributed by atoms with E-state index in [9.17, 15) is 4.79 Å². The van der Waals surface area contributed by atoms with Crippen LogP contribution in [-0.2, 0) is 0 Å². The number of halogens is 2. The molecule has 0 atom stereocenters. The van der Waals surface area contributed by atoms with E-state index in [4.69, 9.17) is 0 Å². The van der Waals surface area contributed by atoms with Crippen molar-refractivity contribution in [3.05, 3.63) is 50.2 Å². The molecule has 0 saturated carbocycles. The van der Waals surface area contributed by atoms with E-state index < -0.39 is 0 Å². The molecule has 0 unspecified atom stereocenters. The summed E-state index contributed by atoms with van der Waals surface area (Å²) < 4.78 is 3.37.